The van der Waals surface area contributed by atoms with E-state index in [4.69, 9.17) is 9.47 Å². The van der Waals surface area contributed by atoms with Gasteiger partial charge in [-0.05, 0) is 42.0 Å². The van der Waals surface area contributed by atoms with Gasteiger partial charge in [0, 0.05) is 5.56 Å². The zero-order valence-electron chi connectivity index (χ0n) is 22.2. The van der Waals surface area contributed by atoms with Crippen LogP contribution in [0.1, 0.15) is 27.6 Å². The van der Waals surface area contributed by atoms with Gasteiger partial charge in [-0.15, -0.1) is 0 Å². The van der Waals surface area contributed by atoms with Gasteiger partial charge in [0.05, 0.1) is 6.66 Å². The number of hydrogen-bond acceptors (Lipinski definition) is 4. The summed E-state index contributed by atoms with van der Waals surface area (Å²) in [6.45, 7) is 2.30. The van der Waals surface area contributed by atoms with Gasteiger partial charge in [-0.25, -0.2) is 9.59 Å². The first kappa shape index (κ1) is 27.1. The van der Waals surface area contributed by atoms with E-state index in [1.165, 1.54) is 0 Å². The maximum absolute atomic E-state index is 13.9. The van der Waals surface area contributed by atoms with E-state index in [0.717, 1.165) is 21.5 Å². The molecular formula is C35H30O4P+. The third-order valence-electron chi connectivity index (χ3n) is 6.92. The smallest absolute Gasteiger partial charge is 0.352 e. The monoisotopic (exact) mass is 545 g/mol. The summed E-state index contributed by atoms with van der Waals surface area (Å²) in [6.07, 6.45) is -1.21. The molecule has 4 nitrogen and oxygen atoms in total. The molecule has 5 aromatic rings. The van der Waals surface area contributed by atoms with Crippen LogP contribution in [0.5, 0.6) is 0 Å². The minimum atomic E-state index is -2.23. The molecule has 40 heavy (non-hydrogen) atoms. The minimum absolute atomic E-state index is 0.0861. The van der Waals surface area contributed by atoms with Crippen molar-refractivity contribution >= 4 is 35.1 Å². The minimum Gasteiger partial charge on any atom is -0.458 e. The molecule has 5 heteroatoms. The zero-order chi connectivity index (χ0) is 27.8. The van der Waals surface area contributed by atoms with Gasteiger partial charge in [0.2, 0.25) is 6.10 Å². The third kappa shape index (κ3) is 5.88. The second-order valence-corrected chi connectivity index (χ2v) is 13.0. The molecule has 0 aliphatic heterocycles. The predicted octanol–water partition coefficient (Wildman–Crippen LogP) is 6.25. The number of carbonyl (C=O) groups excluding carboxylic acids is 2. The molecule has 0 aliphatic carbocycles. The number of hydrogen-bond donors (Lipinski definition) is 0. The van der Waals surface area contributed by atoms with Crippen LogP contribution in [0.25, 0.3) is 0 Å². The van der Waals surface area contributed by atoms with Gasteiger partial charge in [0.25, 0.3) is 0 Å². The van der Waals surface area contributed by atoms with Crippen LogP contribution in [-0.2, 0) is 20.9 Å². The Hall–Kier alpha value is -4.53. The molecule has 0 radical (unpaired) electrons. The predicted molar refractivity (Wildman–Crippen MR) is 162 cm³/mol. The highest BCUT2D eigenvalue weighted by atomic mass is 31.2. The maximum Gasteiger partial charge on any atom is 0.352 e. The van der Waals surface area contributed by atoms with Crippen LogP contribution in [-0.4, -0.2) is 18.6 Å². The molecular weight excluding hydrogens is 515 g/mol. The third-order valence-corrected chi connectivity index (χ3v) is 10.9. The molecule has 0 amide bonds. The average Bonchev–Trinajstić information content (AvgIpc) is 3.03. The SMILES string of the molecule is C[P+](c1ccccc1)(c1ccccc1)c1ccccc1C(=O)OC(C(=O)OCc1ccccc1)c1ccccc1. The van der Waals surface area contributed by atoms with Crippen molar-refractivity contribution in [3.05, 3.63) is 162 Å². The van der Waals surface area contributed by atoms with Gasteiger partial charge in [0.15, 0.2) is 0 Å². The molecule has 0 saturated heterocycles. The molecule has 0 aliphatic rings. The Balaban J connectivity index is 1.51. The number of ether oxygens (including phenoxy) is 2. The summed E-state index contributed by atoms with van der Waals surface area (Å²) in [5, 5.41) is 3.17. The summed E-state index contributed by atoms with van der Waals surface area (Å²) in [6, 6.07) is 46.4. The normalized spacial score (nSPS) is 11.8. The highest BCUT2D eigenvalue weighted by Crippen LogP contribution is 2.52. The van der Waals surface area contributed by atoms with Crippen molar-refractivity contribution in [3.8, 4) is 0 Å². The highest BCUT2D eigenvalue weighted by Gasteiger charge is 2.43. The lowest BCUT2D eigenvalue weighted by atomic mass is 10.1. The summed E-state index contributed by atoms with van der Waals surface area (Å²) in [5.74, 6) is -1.19. The molecule has 0 heterocycles. The van der Waals surface area contributed by atoms with Gasteiger partial charge >= 0.3 is 11.9 Å². The molecule has 0 aromatic heterocycles. The van der Waals surface area contributed by atoms with E-state index in [9.17, 15) is 9.59 Å². The Bertz CT molecular complexity index is 1520. The van der Waals surface area contributed by atoms with E-state index in [2.05, 4.69) is 30.9 Å². The van der Waals surface area contributed by atoms with Crippen LogP contribution in [0.4, 0.5) is 0 Å². The fourth-order valence-electron chi connectivity index (χ4n) is 4.77. The lowest BCUT2D eigenvalue weighted by molar-refractivity contribution is -0.155. The second kappa shape index (κ2) is 12.5. The van der Waals surface area contributed by atoms with Gasteiger partial charge in [-0.2, -0.15) is 0 Å². The lowest BCUT2D eigenvalue weighted by Gasteiger charge is -2.25. The molecule has 1 atom stereocenters. The fraction of sp³-hybridized carbons (Fsp3) is 0.0857. The molecule has 0 fully saturated rings. The van der Waals surface area contributed by atoms with E-state index >= 15 is 0 Å². The van der Waals surface area contributed by atoms with E-state index in [1.807, 2.05) is 103 Å². The van der Waals surface area contributed by atoms with Gasteiger partial charge in [0.1, 0.15) is 35.3 Å². The van der Waals surface area contributed by atoms with E-state index in [0.29, 0.717) is 11.1 Å². The Kier molecular flexibility index (Phi) is 8.49. The number of rotatable bonds is 9. The number of benzene rings is 5. The first-order chi connectivity index (χ1) is 19.6. The Morgan fingerprint density at radius 2 is 1.10 bits per heavy atom. The van der Waals surface area contributed by atoms with E-state index < -0.39 is 25.3 Å². The Morgan fingerprint density at radius 1 is 0.625 bits per heavy atom. The molecule has 0 spiro atoms. The maximum atomic E-state index is 13.9. The first-order valence-corrected chi connectivity index (χ1v) is 15.3. The Labute approximate surface area is 235 Å². The Morgan fingerprint density at radius 3 is 1.68 bits per heavy atom. The zero-order valence-corrected chi connectivity index (χ0v) is 23.1. The topological polar surface area (TPSA) is 52.6 Å². The van der Waals surface area contributed by atoms with Crippen LogP contribution in [0.15, 0.2) is 146 Å². The second-order valence-electron chi connectivity index (χ2n) is 9.48. The molecule has 0 N–H and O–H groups in total. The quantitative estimate of drug-likeness (QED) is 0.162. The first-order valence-electron chi connectivity index (χ1n) is 13.1. The van der Waals surface area contributed by atoms with Crippen molar-refractivity contribution < 1.29 is 19.1 Å². The van der Waals surface area contributed by atoms with Gasteiger partial charge < -0.3 is 9.47 Å². The summed E-state index contributed by atoms with van der Waals surface area (Å²) in [7, 11) is -2.23. The van der Waals surface area contributed by atoms with Crippen LogP contribution < -0.4 is 15.9 Å². The lowest BCUT2D eigenvalue weighted by Crippen LogP contribution is -2.34. The summed E-state index contributed by atoms with van der Waals surface area (Å²) >= 11 is 0. The van der Waals surface area contributed by atoms with E-state index in [1.54, 1.807) is 18.2 Å². The van der Waals surface area contributed by atoms with Crippen molar-refractivity contribution in [3.63, 3.8) is 0 Å². The number of carbonyl (C=O) groups is 2. The van der Waals surface area contributed by atoms with E-state index in [-0.39, 0.29) is 6.61 Å². The van der Waals surface area contributed by atoms with Gasteiger partial charge in [-0.1, -0.05) is 109 Å². The fourth-order valence-corrected chi connectivity index (χ4v) is 8.19. The standard InChI is InChI=1S/C35H30O4P/c1-40(29-20-10-4-11-21-29,30-22-12-5-13-23-30)32-25-15-14-24-31(32)34(36)39-33(28-18-8-3-9-19-28)35(37)38-26-27-16-6-2-7-17-27/h2-25,33H,26H2,1H3/q+1. The molecule has 1 unspecified atom stereocenters. The van der Waals surface area contributed by atoms with Gasteiger partial charge in [-0.3, -0.25) is 0 Å². The summed E-state index contributed by atoms with van der Waals surface area (Å²) in [5.41, 5.74) is 1.84. The molecule has 5 aromatic carbocycles. The largest absolute Gasteiger partial charge is 0.458 e. The molecule has 0 bridgehead atoms. The van der Waals surface area contributed by atoms with Crippen LogP contribution in [0, 0.1) is 0 Å². The average molecular weight is 546 g/mol. The summed E-state index contributed by atoms with van der Waals surface area (Å²) in [4.78, 5) is 27.2. The van der Waals surface area contributed by atoms with Crippen LogP contribution in [0.3, 0.4) is 0 Å². The van der Waals surface area contributed by atoms with Crippen molar-refractivity contribution in [2.45, 2.75) is 12.7 Å². The van der Waals surface area contributed by atoms with Crippen LogP contribution in [0.2, 0.25) is 0 Å². The van der Waals surface area contributed by atoms with Crippen molar-refractivity contribution in [1.29, 1.82) is 0 Å². The van der Waals surface area contributed by atoms with Crippen molar-refractivity contribution in [2.75, 3.05) is 6.66 Å². The van der Waals surface area contributed by atoms with Crippen molar-refractivity contribution in [1.82, 2.24) is 0 Å². The molecule has 5 rings (SSSR count). The van der Waals surface area contributed by atoms with Crippen molar-refractivity contribution in [2.24, 2.45) is 0 Å². The summed E-state index contributed by atoms with van der Waals surface area (Å²) < 4.78 is 11.6. The molecule has 0 saturated carbocycles. The molecule has 198 valence electrons. The number of esters is 2. The van der Waals surface area contributed by atoms with Crippen LogP contribution >= 0.6 is 7.26 Å². The highest BCUT2D eigenvalue weighted by molar-refractivity contribution is 7.95.